The number of aliphatic carboxylic acids is 1. The number of aromatic nitrogens is 1. The highest BCUT2D eigenvalue weighted by atomic mass is 32.1. The minimum absolute atomic E-state index is 0.0481. The maximum Gasteiger partial charge on any atom is 0.310 e. The van der Waals surface area contributed by atoms with Crippen molar-refractivity contribution in [2.24, 2.45) is 23.7 Å². The van der Waals surface area contributed by atoms with Gasteiger partial charge in [-0.25, -0.2) is 4.98 Å². The number of carbonyl (C=O) groups excluding carboxylic acids is 3. The Kier molecular flexibility index (Phi) is 4.34. The summed E-state index contributed by atoms with van der Waals surface area (Å²) in [6, 6.07) is 0. The zero-order valence-corrected chi connectivity index (χ0v) is 13.4. The Morgan fingerprint density at radius 2 is 2.04 bits per heavy atom. The number of hydrogen-bond acceptors (Lipinski definition) is 7. The van der Waals surface area contributed by atoms with Crippen LogP contribution in [0.2, 0.25) is 0 Å². The van der Waals surface area contributed by atoms with Crippen LogP contribution in [0, 0.1) is 23.7 Å². The minimum Gasteiger partial charge on any atom is -0.550 e. The molecule has 3 rings (SSSR count). The topological polar surface area (TPSA) is 108 Å². The normalized spacial score (nSPS) is 28.6. The summed E-state index contributed by atoms with van der Waals surface area (Å²) in [5, 5.41) is 14.4. The van der Waals surface area contributed by atoms with E-state index in [1.54, 1.807) is 0 Å². The lowest BCUT2D eigenvalue weighted by Crippen LogP contribution is -2.43. The van der Waals surface area contributed by atoms with Gasteiger partial charge in [0.05, 0.1) is 13.5 Å². The average molecular weight is 337 g/mol. The molecule has 0 radical (unpaired) electrons. The van der Waals surface area contributed by atoms with Gasteiger partial charge in [-0.1, -0.05) is 0 Å². The van der Waals surface area contributed by atoms with Gasteiger partial charge >= 0.3 is 5.97 Å². The number of hydrogen-bond donors (Lipinski definition) is 1. The van der Waals surface area contributed by atoms with Crippen molar-refractivity contribution in [2.45, 2.75) is 25.7 Å². The van der Waals surface area contributed by atoms with Crippen LogP contribution in [0.4, 0.5) is 5.13 Å². The van der Waals surface area contributed by atoms with Crippen LogP contribution in [-0.4, -0.2) is 29.9 Å². The van der Waals surface area contributed by atoms with Gasteiger partial charge in [0.15, 0.2) is 5.13 Å². The first-order valence-electron chi connectivity index (χ1n) is 7.53. The van der Waals surface area contributed by atoms with Crippen LogP contribution < -0.4 is 10.4 Å². The summed E-state index contributed by atoms with van der Waals surface area (Å²) in [6.45, 7) is 0. The first-order valence-corrected chi connectivity index (χ1v) is 8.34. The summed E-state index contributed by atoms with van der Waals surface area (Å²) < 4.78 is 4.58. The van der Waals surface area contributed by atoms with Crippen molar-refractivity contribution in [3.8, 4) is 0 Å². The van der Waals surface area contributed by atoms with E-state index < -0.39 is 17.8 Å². The number of anilines is 1. The Balaban J connectivity index is 1.67. The number of nitrogens with one attached hydrogen (secondary N) is 1. The Hall–Kier alpha value is -1.96. The van der Waals surface area contributed by atoms with E-state index >= 15 is 0 Å². The van der Waals surface area contributed by atoms with Crippen LogP contribution in [0.25, 0.3) is 0 Å². The Bertz CT molecular complexity index is 644. The molecule has 23 heavy (non-hydrogen) atoms. The molecule has 1 aromatic heterocycles. The lowest BCUT2D eigenvalue weighted by Gasteiger charge is -2.30. The lowest BCUT2D eigenvalue weighted by atomic mass is 9.79. The first kappa shape index (κ1) is 15.9. The molecule has 2 aliphatic rings. The van der Waals surface area contributed by atoms with E-state index in [4.69, 9.17) is 0 Å². The summed E-state index contributed by atoms with van der Waals surface area (Å²) in [6.07, 6.45) is 4.13. The van der Waals surface area contributed by atoms with Crippen LogP contribution in [0.3, 0.4) is 0 Å². The number of amides is 1. The van der Waals surface area contributed by atoms with Crippen molar-refractivity contribution < 1.29 is 24.2 Å². The molecule has 7 nitrogen and oxygen atoms in total. The van der Waals surface area contributed by atoms with Crippen molar-refractivity contribution in [3.63, 3.8) is 0 Å². The number of fused-ring (bicyclic) bond motifs is 2. The molecule has 0 saturated heterocycles. The zero-order valence-electron chi connectivity index (χ0n) is 12.6. The minimum atomic E-state index is -1.14. The molecule has 8 heteroatoms. The second-order valence-electron chi connectivity index (χ2n) is 6.08. The molecule has 0 spiro atoms. The summed E-state index contributed by atoms with van der Waals surface area (Å²) in [5.41, 5.74) is 0. The quantitative estimate of drug-likeness (QED) is 0.769. The van der Waals surface area contributed by atoms with E-state index in [0.29, 0.717) is 10.0 Å². The summed E-state index contributed by atoms with van der Waals surface area (Å²) >= 11 is 1.19. The molecule has 2 bridgehead atoms. The van der Waals surface area contributed by atoms with Gasteiger partial charge in [0.2, 0.25) is 5.91 Å². The SMILES string of the molecule is COC(=O)Cc1cnc(NC(=O)[C@H]2[C@@H]3CC[C@@H](C3)[C@@H]2C(=O)[O-])s1. The van der Waals surface area contributed by atoms with Crippen molar-refractivity contribution in [2.75, 3.05) is 12.4 Å². The van der Waals surface area contributed by atoms with E-state index in [-0.39, 0.29) is 30.1 Å². The van der Waals surface area contributed by atoms with Crippen LogP contribution in [0.5, 0.6) is 0 Å². The molecule has 0 aliphatic heterocycles. The van der Waals surface area contributed by atoms with Gasteiger partial charge in [-0.15, -0.1) is 11.3 Å². The largest absolute Gasteiger partial charge is 0.550 e. The lowest BCUT2D eigenvalue weighted by molar-refractivity contribution is -0.314. The summed E-state index contributed by atoms with van der Waals surface area (Å²) in [7, 11) is 1.31. The van der Waals surface area contributed by atoms with Gasteiger partial charge in [-0.2, -0.15) is 0 Å². The van der Waals surface area contributed by atoms with Crippen molar-refractivity contribution in [3.05, 3.63) is 11.1 Å². The number of methoxy groups -OCH3 is 1. The number of esters is 1. The first-order chi connectivity index (χ1) is 11.0. The van der Waals surface area contributed by atoms with Crippen molar-refractivity contribution in [1.29, 1.82) is 0 Å². The Morgan fingerprint density at radius 3 is 2.70 bits per heavy atom. The second-order valence-corrected chi connectivity index (χ2v) is 7.19. The molecule has 1 N–H and O–H groups in total. The number of carboxylic acid groups (broad SMARTS) is 1. The molecule has 2 fully saturated rings. The molecular weight excluding hydrogens is 320 g/mol. The zero-order chi connectivity index (χ0) is 16.6. The van der Waals surface area contributed by atoms with Gasteiger partial charge in [0.1, 0.15) is 0 Å². The molecule has 0 unspecified atom stereocenters. The van der Waals surface area contributed by atoms with Gasteiger partial charge < -0.3 is 20.0 Å². The molecule has 1 amide bonds. The number of carbonyl (C=O) groups is 3. The maximum atomic E-state index is 12.5. The smallest absolute Gasteiger partial charge is 0.310 e. The summed E-state index contributed by atoms with van der Waals surface area (Å²) in [5.74, 6) is -2.93. The Labute approximate surface area is 137 Å². The van der Waals surface area contributed by atoms with Gasteiger partial charge in [-0.05, 0) is 31.1 Å². The number of rotatable bonds is 5. The molecule has 1 aromatic rings. The third kappa shape index (κ3) is 3.08. The van der Waals surface area contributed by atoms with Gasteiger partial charge in [0, 0.05) is 28.9 Å². The fourth-order valence-corrected chi connectivity index (χ4v) is 4.66. The molecular formula is C15H17N2O5S-. The predicted molar refractivity (Wildman–Crippen MR) is 79.3 cm³/mol. The molecule has 1 heterocycles. The summed E-state index contributed by atoms with van der Waals surface area (Å²) in [4.78, 5) is 39.8. The van der Waals surface area contributed by atoms with Gasteiger partial charge in [-0.3, -0.25) is 9.59 Å². The van der Waals surface area contributed by atoms with Crippen LogP contribution in [0.15, 0.2) is 6.20 Å². The molecule has 2 aliphatic carbocycles. The fraction of sp³-hybridized carbons (Fsp3) is 0.600. The third-order valence-electron chi connectivity index (χ3n) is 4.82. The van der Waals surface area contributed by atoms with Crippen LogP contribution in [0.1, 0.15) is 24.1 Å². The van der Waals surface area contributed by atoms with Crippen molar-refractivity contribution in [1.82, 2.24) is 4.98 Å². The maximum absolute atomic E-state index is 12.5. The monoisotopic (exact) mass is 337 g/mol. The average Bonchev–Trinajstić information content (AvgIpc) is 3.22. The fourth-order valence-electron chi connectivity index (χ4n) is 3.86. The molecule has 2 saturated carbocycles. The standard InChI is InChI=1S/C15H18N2O5S/c1-22-10(18)5-9-6-16-15(23-9)17-13(19)11-7-2-3-8(4-7)12(11)14(20)21/h6-8,11-12H,2-5H2,1H3,(H,20,21)(H,16,17,19)/p-1/t7-,8+,11+,12+/m1/s1. The second kappa shape index (κ2) is 6.27. The number of ether oxygens (including phenoxy) is 1. The number of nitrogens with zero attached hydrogens (tertiary/aromatic N) is 1. The highest BCUT2D eigenvalue weighted by Gasteiger charge is 2.51. The van der Waals surface area contributed by atoms with E-state index in [1.165, 1.54) is 24.6 Å². The third-order valence-corrected chi connectivity index (χ3v) is 5.73. The van der Waals surface area contributed by atoms with Crippen LogP contribution >= 0.6 is 11.3 Å². The predicted octanol–water partition coefficient (Wildman–Crippen LogP) is 0.209. The van der Waals surface area contributed by atoms with Crippen molar-refractivity contribution >= 4 is 34.3 Å². The van der Waals surface area contributed by atoms with E-state index in [0.717, 1.165) is 19.3 Å². The molecule has 0 aromatic carbocycles. The highest BCUT2D eigenvalue weighted by molar-refractivity contribution is 7.15. The van der Waals surface area contributed by atoms with E-state index in [2.05, 4.69) is 15.0 Å². The molecule has 4 atom stereocenters. The number of thiazole rings is 1. The Morgan fingerprint density at radius 1 is 1.35 bits per heavy atom. The highest BCUT2D eigenvalue weighted by Crippen LogP contribution is 2.52. The van der Waals surface area contributed by atoms with Crippen LogP contribution in [-0.2, 0) is 25.5 Å². The molecule has 124 valence electrons. The van der Waals surface area contributed by atoms with E-state index in [9.17, 15) is 19.5 Å². The van der Waals surface area contributed by atoms with E-state index in [1.807, 2.05) is 0 Å². The van der Waals surface area contributed by atoms with Gasteiger partial charge in [0.25, 0.3) is 0 Å². The number of carboxylic acids is 1.